The van der Waals surface area contributed by atoms with Crippen LogP contribution in [0.25, 0.3) is 10.9 Å². The van der Waals surface area contributed by atoms with Gasteiger partial charge in [-0.05, 0) is 30.4 Å². The highest BCUT2D eigenvalue weighted by molar-refractivity contribution is 6.82. The first-order chi connectivity index (χ1) is 9.47. The van der Waals surface area contributed by atoms with Crippen molar-refractivity contribution in [3.63, 3.8) is 0 Å². The van der Waals surface area contributed by atoms with E-state index < -0.39 is 17.1 Å². The third-order valence-corrected chi connectivity index (χ3v) is 3.61. The summed E-state index contributed by atoms with van der Waals surface area (Å²) in [5.74, 6) is -1.90. The van der Waals surface area contributed by atoms with Crippen LogP contribution >= 0.6 is 11.6 Å². The van der Waals surface area contributed by atoms with Gasteiger partial charge in [0.2, 0.25) is 5.87 Å². The number of fused-ring (bicyclic) bond motifs is 1. The van der Waals surface area contributed by atoms with Gasteiger partial charge in [-0.25, -0.2) is 4.39 Å². The number of nitrogens with zero attached hydrogens (tertiary/aromatic N) is 1. The average Bonchev–Trinajstić information content (AvgIpc) is 3.19. The van der Waals surface area contributed by atoms with Gasteiger partial charge in [-0.2, -0.15) is 0 Å². The van der Waals surface area contributed by atoms with Crippen molar-refractivity contribution in [1.82, 2.24) is 4.57 Å². The molecule has 7 heteroatoms. The number of pyridine rings is 1. The third kappa shape index (κ3) is 2.20. The Morgan fingerprint density at radius 1 is 1.45 bits per heavy atom. The van der Waals surface area contributed by atoms with Crippen LogP contribution in [0.3, 0.4) is 0 Å². The molecule has 1 fully saturated rings. The zero-order valence-corrected chi connectivity index (χ0v) is 11.0. The lowest BCUT2D eigenvalue weighted by atomic mass is 9.71. The fraction of sp³-hybridized carbons (Fsp3) is 0.231. The number of carboxylic acid groups (broad SMARTS) is 1. The highest BCUT2D eigenvalue weighted by Gasteiger charge is 2.26. The molecule has 1 aliphatic carbocycles. The topological polar surface area (TPSA) is 59.3 Å². The summed E-state index contributed by atoms with van der Waals surface area (Å²) in [5, 5.41) is 8.90. The van der Waals surface area contributed by atoms with Crippen molar-refractivity contribution in [3.05, 3.63) is 39.4 Å². The molecule has 1 saturated carbocycles. The molecular formula is C13H9BClFNO3. The zero-order chi connectivity index (χ0) is 14.4. The highest BCUT2D eigenvalue weighted by atomic mass is 35.5. The lowest BCUT2D eigenvalue weighted by molar-refractivity contribution is 0.220. The molecule has 3 rings (SSSR count). The summed E-state index contributed by atoms with van der Waals surface area (Å²) in [6.45, 7) is 0. The van der Waals surface area contributed by atoms with Crippen LogP contribution in [0.4, 0.5) is 9.18 Å². The van der Waals surface area contributed by atoms with Crippen molar-refractivity contribution in [1.29, 1.82) is 0 Å². The number of benzene rings is 1. The number of carbonyl (C=O) groups is 1. The minimum atomic E-state index is -1.21. The minimum absolute atomic E-state index is 0.0404. The van der Waals surface area contributed by atoms with Crippen LogP contribution in [0.5, 0.6) is 0 Å². The van der Waals surface area contributed by atoms with Gasteiger partial charge >= 0.3 is 7.28 Å². The highest BCUT2D eigenvalue weighted by Crippen LogP contribution is 2.37. The molecule has 0 amide bonds. The van der Waals surface area contributed by atoms with Gasteiger partial charge in [0.05, 0.1) is 10.5 Å². The van der Waals surface area contributed by atoms with E-state index in [0.29, 0.717) is 5.52 Å². The Morgan fingerprint density at radius 3 is 2.75 bits per heavy atom. The van der Waals surface area contributed by atoms with E-state index in [4.69, 9.17) is 16.7 Å². The largest absolute Gasteiger partial charge is 0.489 e. The molecule has 1 heterocycles. The Morgan fingerprint density at radius 2 is 2.15 bits per heavy atom. The van der Waals surface area contributed by atoms with Crippen LogP contribution in [0.2, 0.25) is 5.02 Å². The Balaban J connectivity index is 2.33. The van der Waals surface area contributed by atoms with Crippen molar-refractivity contribution in [2.75, 3.05) is 0 Å². The van der Waals surface area contributed by atoms with Crippen LogP contribution < -0.4 is 10.9 Å². The molecular weight excluding hydrogens is 283 g/mol. The van der Waals surface area contributed by atoms with Crippen molar-refractivity contribution in [3.8, 4) is 0 Å². The van der Waals surface area contributed by atoms with Gasteiger partial charge in [-0.3, -0.25) is 9.59 Å². The second-order valence-electron chi connectivity index (χ2n) is 4.82. The molecule has 2 aromatic rings. The molecule has 0 unspecified atom stereocenters. The summed E-state index contributed by atoms with van der Waals surface area (Å²) in [7, 11) is 0.840. The molecule has 0 aliphatic heterocycles. The summed E-state index contributed by atoms with van der Waals surface area (Å²) in [5.41, 5.74) is 0.0694. The lowest BCUT2D eigenvalue weighted by Gasteiger charge is -2.12. The molecule has 1 aliphatic rings. The first-order valence-electron chi connectivity index (χ1n) is 6.09. The summed E-state index contributed by atoms with van der Waals surface area (Å²) < 4.78 is 15.4. The average molecular weight is 292 g/mol. The van der Waals surface area contributed by atoms with E-state index in [2.05, 4.69) is 0 Å². The van der Waals surface area contributed by atoms with Gasteiger partial charge in [-0.1, -0.05) is 11.6 Å². The van der Waals surface area contributed by atoms with E-state index >= 15 is 0 Å². The molecule has 1 N–H and O–H groups in total. The standard InChI is InChI=1S/C13H9BClFNO3/c15-9-4-11-7(3-10(9)16)12(18)8(14-13(19)20)5-17(11)6-1-2-6/h3-6H,1-2H2,(H,19,20). The summed E-state index contributed by atoms with van der Waals surface area (Å²) >= 11 is 5.77. The molecule has 0 spiro atoms. The summed E-state index contributed by atoms with van der Waals surface area (Å²) in [6, 6.07) is 2.69. The minimum Gasteiger partial charge on any atom is -0.489 e. The predicted octanol–water partition coefficient (Wildman–Crippen LogP) is 2.14. The van der Waals surface area contributed by atoms with Gasteiger partial charge in [0.15, 0.2) is 5.43 Å². The van der Waals surface area contributed by atoms with Crippen LogP contribution in [0.1, 0.15) is 18.9 Å². The molecule has 0 atom stereocenters. The Hall–Kier alpha value is -1.82. The number of rotatable bonds is 3. The smallest absolute Gasteiger partial charge is 0.305 e. The van der Waals surface area contributed by atoms with E-state index in [1.807, 2.05) is 0 Å². The van der Waals surface area contributed by atoms with E-state index in [1.165, 1.54) is 12.3 Å². The van der Waals surface area contributed by atoms with Crippen LogP contribution in [-0.2, 0) is 0 Å². The Kier molecular flexibility index (Phi) is 3.05. The molecule has 1 aromatic carbocycles. The number of hydrogen-bond acceptors (Lipinski definition) is 2. The van der Waals surface area contributed by atoms with E-state index in [-0.39, 0.29) is 21.9 Å². The molecule has 1 aromatic heterocycles. The number of hydrogen-bond donors (Lipinski definition) is 1. The number of aromatic nitrogens is 1. The molecule has 0 saturated heterocycles. The van der Waals surface area contributed by atoms with Crippen LogP contribution in [0, 0.1) is 5.82 Å². The SMILES string of the molecule is O=C(O)[B]c1cn(C2CC2)c2cc(Cl)c(F)cc2c1=O. The maximum atomic E-state index is 13.6. The van der Waals surface area contributed by atoms with Gasteiger partial charge in [-0.15, -0.1) is 0 Å². The molecule has 4 nitrogen and oxygen atoms in total. The van der Waals surface area contributed by atoms with Crippen molar-refractivity contribution in [2.24, 2.45) is 0 Å². The first kappa shape index (κ1) is 13.2. The molecule has 0 bridgehead atoms. The van der Waals surface area contributed by atoms with E-state index in [1.54, 1.807) is 4.57 Å². The third-order valence-electron chi connectivity index (χ3n) is 3.32. The lowest BCUT2D eigenvalue weighted by Crippen LogP contribution is -2.37. The van der Waals surface area contributed by atoms with Crippen LogP contribution in [-0.4, -0.2) is 22.8 Å². The second-order valence-corrected chi connectivity index (χ2v) is 5.23. The normalized spacial score (nSPS) is 14.5. The fourth-order valence-electron chi connectivity index (χ4n) is 2.26. The maximum absolute atomic E-state index is 13.6. The summed E-state index contributed by atoms with van der Waals surface area (Å²) in [6.07, 6.45) is 3.39. The zero-order valence-electron chi connectivity index (χ0n) is 10.3. The fourth-order valence-corrected chi connectivity index (χ4v) is 2.41. The van der Waals surface area contributed by atoms with Crippen molar-refractivity contribution in [2.45, 2.75) is 18.9 Å². The predicted molar refractivity (Wildman–Crippen MR) is 74.9 cm³/mol. The summed E-state index contributed by atoms with van der Waals surface area (Å²) in [4.78, 5) is 23.0. The Labute approximate surface area is 119 Å². The Bertz CT molecular complexity index is 785. The maximum Gasteiger partial charge on any atom is 0.305 e. The van der Waals surface area contributed by atoms with Gasteiger partial charge in [0, 0.05) is 17.6 Å². The first-order valence-corrected chi connectivity index (χ1v) is 6.47. The van der Waals surface area contributed by atoms with Crippen LogP contribution in [0.15, 0.2) is 23.1 Å². The van der Waals surface area contributed by atoms with Gasteiger partial charge in [0.1, 0.15) is 5.82 Å². The molecule has 20 heavy (non-hydrogen) atoms. The van der Waals surface area contributed by atoms with Gasteiger partial charge < -0.3 is 9.67 Å². The molecule has 1 radical (unpaired) electrons. The quantitative estimate of drug-likeness (QED) is 0.882. The monoisotopic (exact) mass is 292 g/mol. The van der Waals surface area contributed by atoms with E-state index in [9.17, 15) is 14.0 Å². The second kappa shape index (κ2) is 4.63. The van der Waals surface area contributed by atoms with Crippen molar-refractivity contribution < 1.29 is 14.3 Å². The number of halogens is 2. The molecule has 101 valence electrons. The van der Waals surface area contributed by atoms with Crippen molar-refractivity contribution >= 4 is 41.1 Å². The van der Waals surface area contributed by atoms with Gasteiger partial charge in [0.25, 0.3) is 0 Å². The van der Waals surface area contributed by atoms with E-state index in [0.717, 1.165) is 26.2 Å².